The van der Waals surface area contributed by atoms with Crippen LogP contribution in [0.3, 0.4) is 0 Å². The molecule has 5 heteroatoms. The second-order valence-electron chi connectivity index (χ2n) is 4.12. The summed E-state index contributed by atoms with van der Waals surface area (Å²) in [7, 11) is 1.59. The first-order valence-corrected chi connectivity index (χ1v) is 6.10. The highest BCUT2D eigenvalue weighted by molar-refractivity contribution is 5.74. The molecule has 98 valence electrons. The number of nitrogens with one attached hydrogen (secondary N) is 1. The fourth-order valence-corrected chi connectivity index (χ4v) is 1.95. The molecule has 0 spiro atoms. The average Bonchev–Trinajstić information content (AvgIpc) is 2.93. The Hall–Kier alpha value is -1.91. The lowest BCUT2D eigenvalue weighted by Gasteiger charge is -2.17. The Labute approximate surface area is 107 Å². The van der Waals surface area contributed by atoms with E-state index in [4.69, 9.17) is 9.47 Å². The zero-order valence-electron chi connectivity index (χ0n) is 10.5. The first-order valence-electron chi connectivity index (χ1n) is 6.10. The highest BCUT2D eigenvalue weighted by Gasteiger charge is 2.17. The molecule has 0 radical (unpaired) electrons. The lowest BCUT2D eigenvalue weighted by molar-refractivity contribution is 0.193. The SMILES string of the molecule is COc1ccccc1OCNC(=O)N1CCCC1. The maximum Gasteiger partial charge on any atom is 0.320 e. The zero-order chi connectivity index (χ0) is 12.8. The van der Waals surface area contributed by atoms with Gasteiger partial charge in [0.2, 0.25) is 0 Å². The number of urea groups is 1. The molecule has 5 nitrogen and oxygen atoms in total. The Kier molecular flexibility index (Phi) is 4.28. The van der Waals surface area contributed by atoms with Gasteiger partial charge in [-0.3, -0.25) is 0 Å². The Balaban J connectivity index is 1.79. The van der Waals surface area contributed by atoms with E-state index >= 15 is 0 Å². The molecule has 1 fully saturated rings. The molecule has 1 aromatic carbocycles. The quantitative estimate of drug-likeness (QED) is 0.829. The third-order valence-electron chi connectivity index (χ3n) is 2.91. The zero-order valence-corrected chi connectivity index (χ0v) is 10.5. The summed E-state index contributed by atoms with van der Waals surface area (Å²) >= 11 is 0. The highest BCUT2D eigenvalue weighted by atomic mass is 16.5. The molecule has 0 atom stereocenters. The van der Waals surface area contributed by atoms with Crippen LogP contribution in [0.15, 0.2) is 24.3 Å². The van der Waals surface area contributed by atoms with Crippen molar-refractivity contribution in [2.45, 2.75) is 12.8 Å². The number of amides is 2. The molecule has 0 saturated carbocycles. The fourth-order valence-electron chi connectivity index (χ4n) is 1.95. The van der Waals surface area contributed by atoms with Gasteiger partial charge in [0.05, 0.1) is 7.11 Å². The molecule has 0 aliphatic carbocycles. The standard InChI is InChI=1S/C13H18N2O3/c1-17-11-6-2-3-7-12(11)18-10-14-13(16)15-8-4-5-9-15/h2-3,6-7H,4-5,8-10H2,1H3,(H,14,16). The summed E-state index contributed by atoms with van der Waals surface area (Å²) in [5.41, 5.74) is 0. The molecular formula is C13H18N2O3. The van der Waals surface area contributed by atoms with Crippen LogP contribution in [0, 0.1) is 0 Å². The Bertz CT molecular complexity index is 403. The van der Waals surface area contributed by atoms with Gasteiger partial charge in [-0.2, -0.15) is 0 Å². The van der Waals surface area contributed by atoms with Gasteiger partial charge in [-0.05, 0) is 25.0 Å². The molecule has 1 saturated heterocycles. The summed E-state index contributed by atoms with van der Waals surface area (Å²) in [5.74, 6) is 1.29. The van der Waals surface area contributed by atoms with Crippen molar-refractivity contribution in [3.8, 4) is 11.5 Å². The van der Waals surface area contributed by atoms with Crippen LogP contribution in [0.4, 0.5) is 4.79 Å². The van der Waals surface area contributed by atoms with E-state index in [1.165, 1.54) is 0 Å². The smallest absolute Gasteiger partial charge is 0.320 e. The van der Waals surface area contributed by atoms with Gasteiger partial charge in [-0.15, -0.1) is 0 Å². The maximum atomic E-state index is 11.7. The van der Waals surface area contributed by atoms with Crippen LogP contribution in [0.1, 0.15) is 12.8 Å². The molecule has 0 unspecified atom stereocenters. The number of hydrogen-bond donors (Lipinski definition) is 1. The number of para-hydroxylation sites is 2. The summed E-state index contributed by atoms with van der Waals surface area (Å²) < 4.78 is 10.6. The molecule has 1 N–H and O–H groups in total. The Morgan fingerprint density at radius 3 is 2.61 bits per heavy atom. The van der Waals surface area contributed by atoms with E-state index in [1.54, 1.807) is 18.1 Å². The van der Waals surface area contributed by atoms with Crippen molar-refractivity contribution in [3.63, 3.8) is 0 Å². The van der Waals surface area contributed by atoms with Crippen molar-refractivity contribution in [2.75, 3.05) is 26.9 Å². The third kappa shape index (κ3) is 3.06. The van der Waals surface area contributed by atoms with E-state index in [0.717, 1.165) is 25.9 Å². The Morgan fingerprint density at radius 1 is 1.28 bits per heavy atom. The number of benzene rings is 1. The number of likely N-dealkylation sites (tertiary alicyclic amines) is 1. The summed E-state index contributed by atoms with van der Waals surface area (Å²) in [6.45, 7) is 1.82. The van der Waals surface area contributed by atoms with E-state index in [-0.39, 0.29) is 12.8 Å². The fraction of sp³-hybridized carbons (Fsp3) is 0.462. The molecular weight excluding hydrogens is 232 g/mol. The lowest BCUT2D eigenvalue weighted by Crippen LogP contribution is -2.39. The predicted octanol–water partition coefficient (Wildman–Crippen LogP) is 1.84. The lowest BCUT2D eigenvalue weighted by atomic mass is 10.3. The summed E-state index contributed by atoms with van der Waals surface area (Å²) in [6, 6.07) is 7.29. The number of carbonyl (C=O) groups is 1. The van der Waals surface area contributed by atoms with Gasteiger partial charge in [0.25, 0.3) is 0 Å². The Morgan fingerprint density at radius 2 is 1.94 bits per heavy atom. The first kappa shape index (κ1) is 12.5. The van der Waals surface area contributed by atoms with E-state index in [9.17, 15) is 4.79 Å². The van der Waals surface area contributed by atoms with Gasteiger partial charge < -0.3 is 19.7 Å². The molecule has 0 bridgehead atoms. The van der Waals surface area contributed by atoms with Crippen LogP contribution < -0.4 is 14.8 Å². The molecule has 0 aromatic heterocycles. The number of rotatable bonds is 4. The minimum absolute atomic E-state index is 0.0672. The second-order valence-corrected chi connectivity index (χ2v) is 4.12. The minimum atomic E-state index is -0.0672. The van der Waals surface area contributed by atoms with Gasteiger partial charge in [0, 0.05) is 13.1 Å². The van der Waals surface area contributed by atoms with E-state index in [2.05, 4.69) is 5.32 Å². The summed E-state index contributed by atoms with van der Waals surface area (Å²) in [5, 5.41) is 2.73. The van der Waals surface area contributed by atoms with Gasteiger partial charge >= 0.3 is 6.03 Å². The van der Waals surface area contributed by atoms with E-state index in [1.807, 2.05) is 18.2 Å². The van der Waals surface area contributed by atoms with Crippen molar-refractivity contribution in [3.05, 3.63) is 24.3 Å². The molecule has 1 heterocycles. The van der Waals surface area contributed by atoms with Gasteiger partial charge in [0.15, 0.2) is 18.2 Å². The number of hydrogen-bond acceptors (Lipinski definition) is 3. The molecule has 1 aliphatic heterocycles. The topological polar surface area (TPSA) is 50.8 Å². The summed E-state index contributed by atoms with van der Waals surface area (Å²) in [6.07, 6.45) is 2.17. The number of methoxy groups -OCH3 is 1. The van der Waals surface area contributed by atoms with Crippen LogP contribution in [0.2, 0.25) is 0 Å². The van der Waals surface area contributed by atoms with Crippen LogP contribution in [0.5, 0.6) is 11.5 Å². The monoisotopic (exact) mass is 250 g/mol. The van der Waals surface area contributed by atoms with Crippen molar-refractivity contribution in [2.24, 2.45) is 0 Å². The number of ether oxygens (including phenoxy) is 2. The molecule has 1 aromatic rings. The van der Waals surface area contributed by atoms with Crippen LogP contribution in [0.25, 0.3) is 0 Å². The number of nitrogens with zero attached hydrogens (tertiary/aromatic N) is 1. The van der Waals surface area contributed by atoms with Gasteiger partial charge in [-0.1, -0.05) is 12.1 Å². The van der Waals surface area contributed by atoms with Crippen molar-refractivity contribution < 1.29 is 14.3 Å². The van der Waals surface area contributed by atoms with Crippen LogP contribution in [-0.4, -0.2) is 37.9 Å². The van der Waals surface area contributed by atoms with Crippen LogP contribution >= 0.6 is 0 Å². The van der Waals surface area contributed by atoms with E-state index < -0.39 is 0 Å². The van der Waals surface area contributed by atoms with Crippen molar-refractivity contribution in [1.29, 1.82) is 0 Å². The maximum absolute atomic E-state index is 11.7. The van der Waals surface area contributed by atoms with Crippen molar-refractivity contribution >= 4 is 6.03 Å². The van der Waals surface area contributed by atoms with Gasteiger partial charge in [-0.25, -0.2) is 4.79 Å². The average molecular weight is 250 g/mol. The largest absolute Gasteiger partial charge is 0.493 e. The molecule has 2 amide bonds. The van der Waals surface area contributed by atoms with Crippen LogP contribution in [-0.2, 0) is 0 Å². The van der Waals surface area contributed by atoms with E-state index in [0.29, 0.717) is 11.5 Å². The highest BCUT2D eigenvalue weighted by Crippen LogP contribution is 2.25. The predicted molar refractivity (Wildman–Crippen MR) is 67.8 cm³/mol. The second kappa shape index (κ2) is 6.14. The third-order valence-corrected chi connectivity index (χ3v) is 2.91. The van der Waals surface area contributed by atoms with Gasteiger partial charge in [0.1, 0.15) is 0 Å². The minimum Gasteiger partial charge on any atom is -0.493 e. The number of carbonyl (C=O) groups excluding carboxylic acids is 1. The van der Waals surface area contributed by atoms with Crippen molar-refractivity contribution in [1.82, 2.24) is 10.2 Å². The summed E-state index contributed by atoms with van der Waals surface area (Å²) in [4.78, 5) is 13.5. The molecule has 2 rings (SSSR count). The molecule has 18 heavy (non-hydrogen) atoms. The molecule has 1 aliphatic rings. The first-order chi connectivity index (χ1) is 8.81. The normalized spacial score (nSPS) is 14.4.